The minimum atomic E-state index is -4.13. The Hall–Kier alpha value is -4.04. The van der Waals surface area contributed by atoms with E-state index in [9.17, 15) is 17.6 Å². The SMILES string of the molecule is Cc1ccc(N(CC(=O)N/N=C\c2ccc3c4c(cccc24)CC3)S(=O)(=O)c2ccc(F)cc2)cc1. The lowest BCUT2D eigenvalue weighted by Crippen LogP contribution is -2.39. The fourth-order valence-electron chi connectivity index (χ4n) is 4.48. The molecule has 0 radical (unpaired) electrons. The predicted molar refractivity (Wildman–Crippen MR) is 139 cm³/mol. The van der Waals surface area contributed by atoms with Gasteiger partial charge >= 0.3 is 0 Å². The highest BCUT2D eigenvalue weighted by Crippen LogP contribution is 2.32. The van der Waals surface area contributed by atoms with Crippen molar-refractivity contribution >= 4 is 38.6 Å². The van der Waals surface area contributed by atoms with E-state index in [-0.39, 0.29) is 4.90 Å². The Kier molecular flexibility index (Phi) is 6.28. The number of aryl methyl sites for hydroxylation is 3. The summed E-state index contributed by atoms with van der Waals surface area (Å²) in [6.07, 6.45) is 3.60. The number of hydrazone groups is 1. The molecule has 0 heterocycles. The third kappa shape index (κ3) is 4.59. The summed E-state index contributed by atoms with van der Waals surface area (Å²) in [6.45, 7) is 1.38. The summed E-state index contributed by atoms with van der Waals surface area (Å²) >= 11 is 0. The van der Waals surface area contributed by atoms with Crippen LogP contribution in [0.1, 0.15) is 22.3 Å². The molecule has 0 saturated heterocycles. The zero-order valence-electron chi connectivity index (χ0n) is 19.6. The van der Waals surface area contributed by atoms with E-state index in [1.807, 2.05) is 25.1 Å². The summed E-state index contributed by atoms with van der Waals surface area (Å²) in [5.41, 5.74) is 7.19. The molecule has 0 spiro atoms. The van der Waals surface area contributed by atoms with Crippen LogP contribution in [0, 0.1) is 12.7 Å². The molecule has 1 aliphatic carbocycles. The fourth-order valence-corrected chi connectivity index (χ4v) is 5.90. The van der Waals surface area contributed by atoms with Crippen molar-refractivity contribution < 1.29 is 17.6 Å². The average molecular weight is 502 g/mol. The smallest absolute Gasteiger partial charge is 0.264 e. The topological polar surface area (TPSA) is 78.8 Å². The Morgan fingerprint density at radius 3 is 2.39 bits per heavy atom. The van der Waals surface area contributed by atoms with Gasteiger partial charge in [-0.25, -0.2) is 18.2 Å². The van der Waals surface area contributed by atoms with Crippen LogP contribution in [-0.4, -0.2) is 27.1 Å². The van der Waals surface area contributed by atoms with Crippen molar-refractivity contribution in [2.45, 2.75) is 24.7 Å². The molecule has 0 aromatic heterocycles. The van der Waals surface area contributed by atoms with Crippen molar-refractivity contribution in [2.24, 2.45) is 5.10 Å². The van der Waals surface area contributed by atoms with Crippen LogP contribution in [0.25, 0.3) is 10.8 Å². The first-order valence-corrected chi connectivity index (χ1v) is 13.0. The first kappa shape index (κ1) is 23.7. The highest BCUT2D eigenvalue weighted by atomic mass is 32.2. The van der Waals surface area contributed by atoms with Crippen LogP contribution in [0.2, 0.25) is 0 Å². The summed E-state index contributed by atoms with van der Waals surface area (Å²) < 4.78 is 41.1. The van der Waals surface area contributed by atoms with Crippen LogP contribution in [0.5, 0.6) is 0 Å². The van der Waals surface area contributed by atoms with Crippen LogP contribution in [0.4, 0.5) is 10.1 Å². The highest BCUT2D eigenvalue weighted by molar-refractivity contribution is 7.92. The summed E-state index contributed by atoms with van der Waals surface area (Å²) in [5, 5.41) is 6.41. The Bertz CT molecular complexity index is 1570. The summed E-state index contributed by atoms with van der Waals surface area (Å²) in [6, 6.07) is 21.5. The van der Waals surface area contributed by atoms with E-state index in [1.54, 1.807) is 30.5 Å². The number of nitrogens with zero attached hydrogens (tertiary/aromatic N) is 2. The van der Waals surface area contributed by atoms with Crippen LogP contribution < -0.4 is 9.73 Å². The maximum Gasteiger partial charge on any atom is 0.264 e. The van der Waals surface area contributed by atoms with Gasteiger partial charge in [0.1, 0.15) is 12.4 Å². The van der Waals surface area contributed by atoms with E-state index in [1.165, 1.54) is 28.6 Å². The van der Waals surface area contributed by atoms with E-state index in [0.29, 0.717) is 5.69 Å². The van der Waals surface area contributed by atoms with Crippen LogP contribution in [0.3, 0.4) is 0 Å². The van der Waals surface area contributed by atoms with Crippen molar-refractivity contribution in [2.75, 3.05) is 10.8 Å². The second kappa shape index (κ2) is 9.54. The molecule has 5 rings (SSSR count). The third-order valence-corrected chi connectivity index (χ3v) is 8.10. The Labute approximate surface area is 209 Å². The lowest BCUT2D eigenvalue weighted by atomic mass is 10.0. The molecule has 8 heteroatoms. The van der Waals surface area contributed by atoms with Gasteiger partial charge in [-0.3, -0.25) is 9.10 Å². The van der Waals surface area contributed by atoms with Crippen LogP contribution in [0.15, 0.2) is 88.9 Å². The number of carbonyl (C=O) groups is 1. The number of nitrogens with one attached hydrogen (secondary N) is 1. The zero-order valence-corrected chi connectivity index (χ0v) is 20.4. The van der Waals surface area contributed by atoms with Gasteiger partial charge in [0, 0.05) is 5.56 Å². The van der Waals surface area contributed by atoms with Gasteiger partial charge in [-0.15, -0.1) is 0 Å². The number of halogens is 1. The van der Waals surface area contributed by atoms with Crippen LogP contribution >= 0.6 is 0 Å². The number of amides is 1. The van der Waals surface area contributed by atoms with E-state index in [2.05, 4.69) is 22.7 Å². The van der Waals surface area contributed by atoms with Gasteiger partial charge in [-0.2, -0.15) is 5.10 Å². The molecule has 0 bridgehead atoms. The van der Waals surface area contributed by atoms with Crippen molar-refractivity contribution in [1.82, 2.24) is 5.43 Å². The number of hydrogen-bond donors (Lipinski definition) is 1. The van der Waals surface area contributed by atoms with Gasteiger partial charge < -0.3 is 0 Å². The lowest BCUT2D eigenvalue weighted by Gasteiger charge is -2.23. The van der Waals surface area contributed by atoms with Crippen molar-refractivity contribution in [3.8, 4) is 0 Å². The number of carbonyl (C=O) groups excluding carboxylic acids is 1. The molecule has 4 aromatic rings. The molecule has 182 valence electrons. The molecule has 4 aromatic carbocycles. The fraction of sp³-hybridized carbons (Fsp3) is 0.143. The van der Waals surface area contributed by atoms with Gasteiger partial charge in [0.15, 0.2) is 0 Å². The maximum atomic E-state index is 13.4. The minimum Gasteiger partial charge on any atom is -0.271 e. The Morgan fingerprint density at radius 1 is 0.972 bits per heavy atom. The molecule has 36 heavy (non-hydrogen) atoms. The van der Waals surface area contributed by atoms with Crippen molar-refractivity contribution in [3.63, 3.8) is 0 Å². The molecule has 1 aliphatic rings. The van der Waals surface area contributed by atoms with E-state index < -0.39 is 28.3 Å². The largest absolute Gasteiger partial charge is 0.271 e. The zero-order chi connectivity index (χ0) is 25.3. The van der Waals surface area contributed by atoms with Crippen LogP contribution in [-0.2, 0) is 27.7 Å². The van der Waals surface area contributed by atoms with Crippen molar-refractivity contribution in [3.05, 3.63) is 107 Å². The standard InChI is InChI=1S/C28H24FN3O3S/c1-19-5-13-24(14-6-19)32(36(34,35)25-15-11-23(29)12-16-25)18-27(33)31-30-17-22-10-9-21-8-7-20-3-2-4-26(22)28(20)21/h2-6,9-17H,7-8,18H2,1H3,(H,31,33)/b30-17-. The third-order valence-electron chi connectivity index (χ3n) is 6.31. The molecule has 0 unspecified atom stereocenters. The second-order valence-electron chi connectivity index (χ2n) is 8.75. The molecular formula is C28H24FN3O3S. The first-order valence-electron chi connectivity index (χ1n) is 11.5. The molecule has 0 atom stereocenters. The first-order chi connectivity index (χ1) is 17.3. The Balaban J connectivity index is 1.38. The number of anilines is 1. The Morgan fingerprint density at radius 2 is 1.67 bits per heavy atom. The van der Waals surface area contributed by atoms with E-state index >= 15 is 0 Å². The van der Waals surface area contributed by atoms with Gasteiger partial charge in [0.25, 0.3) is 15.9 Å². The number of rotatable bonds is 7. The average Bonchev–Trinajstić information content (AvgIpc) is 3.29. The molecule has 0 saturated carbocycles. The van der Waals surface area contributed by atoms with Gasteiger partial charge in [0.2, 0.25) is 0 Å². The molecule has 6 nitrogen and oxygen atoms in total. The predicted octanol–water partition coefficient (Wildman–Crippen LogP) is 4.73. The minimum absolute atomic E-state index is 0.117. The molecular weight excluding hydrogens is 477 g/mol. The summed E-state index contributed by atoms with van der Waals surface area (Å²) in [7, 11) is -4.13. The van der Waals surface area contributed by atoms with E-state index in [0.717, 1.165) is 45.8 Å². The molecule has 0 fully saturated rings. The number of sulfonamides is 1. The van der Waals surface area contributed by atoms with Crippen molar-refractivity contribution in [1.29, 1.82) is 0 Å². The monoisotopic (exact) mass is 501 g/mol. The molecule has 1 N–H and O–H groups in total. The molecule has 0 aliphatic heterocycles. The van der Waals surface area contributed by atoms with E-state index in [4.69, 9.17) is 0 Å². The number of hydrogen-bond acceptors (Lipinski definition) is 4. The maximum absolute atomic E-state index is 13.4. The summed E-state index contributed by atoms with van der Waals surface area (Å²) in [5.74, 6) is -1.16. The number of benzene rings is 4. The lowest BCUT2D eigenvalue weighted by molar-refractivity contribution is -0.119. The molecule has 1 amide bonds. The van der Waals surface area contributed by atoms with Gasteiger partial charge in [-0.1, -0.05) is 48.0 Å². The quantitative estimate of drug-likeness (QED) is 0.294. The highest BCUT2D eigenvalue weighted by Gasteiger charge is 2.27. The second-order valence-corrected chi connectivity index (χ2v) is 10.6. The normalized spacial score (nSPS) is 12.8. The van der Waals surface area contributed by atoms with Gasteiger partial charge in [0.05, 0.1) is 16.8 Å². The summed E-state index contributed by atoms with van der Waals surface area (Å²) in [4.78, 5) is 12.7. The van der Waals surface area contributed by atoms with Gasteiger partial charge in [-0.05, 0) is 78.1 Å².